The molecular weight excluding hydrogens is 492 g/mol. The number of ether oxygens (including phenoxy) is 2. The van der Waals surface area contributed by atoms with E-state index in [-0.39, 0.29) is 22.4 Å². The smallest absolute Gasteiger partial charge is 0.180 e. The van der Waals surface area contributed by atoms with Crippen molar-refractivity contribution in [3.63, 3.8) is 0 Å². The summed E-state index contributed by atoms with van der Waals surface area (Å²) in [5.41, 5.74) is 2.14. The van der Waals surface area contributed by atoms with Crippen molar-refractivity contribution in [1.82, 2.24) is 0 Å². The van der Waals surface area contributed by atoms with Crippen LogP contribution in [0.15, 0.2) is 42.5 Å². The second-order valence-corrected chi connectivity index (χ2v) is 8.28. The SMILES string of the molecule is COc1cc(CNc2cc(Cl)c(O)c(Cl)c2)cc(Cl)c1OCc1c(Cl)cccc1Cl. The van der Waals surface area contributed by atoms with Gasteiger partial charge in [0.05, 0.1) is 22.2 Å². The van der Waals surface area contributed by atoms with Crippen molar-refractivity contribution in [2.45, 2.75) is 13.2 Å². The van der Waals surface area contributed by atoms with E-state index in [1.807, 2.05) is 0 Å². The van der Waals surface area contributed by atoms with Crippen LogP contribution in [0.25, 0.3) is 0 Å². The highest BCUT2D eigenvalue weighted by Gasteiger charge is 2.15. The maximum atomic E-state index is 9.66. The van der Waals surface area contributed by atoms with Gasteiger partial charge in [-0.2, -0.15) is 0 Å². The van der Waals surface area contributed by atoms with Crippen LogP contribution in [0.5, 0.6) is 17.2 Å². The van der Waals surface area contributed by atoms with Gasteiger partial charge in [0, 0.05) is 27.8 Å². The Morgan fingerprint density at radius 1 is 0.867 bits per heavy atom. The minimum Gasteiger partial charge on any atom is -0.505 e. The third-order valence-corrected chi connectivity index (χ3v) is 5.79. The number of nitrogens with one attached hydrogen (secondary N) is 1. The fourth-order valence-electron chi connectivity index (χ4n) is 2.70. The number of anilines is 1. The summed E-state index contributed by atoms with van der Waals surface area (Å²) in [7, 11) is 1.53. The fourth-order valence-corrected chi connectivity index (χ4v) is 3.98. The minimum absolute atomic E-state index is 0.136. The van der Waals surface area contributed by atoms with Crippen molar-refractivity contribution >= 4 is 63.7 Å². The van der Waals surface area contributed by atoms with Gasteiger partial charge >= 0.3 is 0 Å². The molecule has 0 saturated carbocycles. The molecule has 3 rings (SSSR count). The molecule has 3 aromatic rings. The maximum absolute atomic E-state index is 9.66. The van der Waals surface area contributed by atoms with E-state index in [2.05, 4.69) is 5.32 Å². The molecule has 0 unspecified atom stereocenters. The van der Waals surface area contributed by atoms with E-state index in [1.165, 1.54) is 7.11 Å². The van der Waals surface area contributed by atoms with Crippen LogP contribution in [0, 0.1) is 0 Å². The first-order valence-electron chi connectivity index (χ1n) is 8.64. The van der Waals surface area contributed by atoms with E-state index >= 15 is 0 Å². The van der Waals surface area contributed by atoms with Crippen LogP contribution < -0.4 is 14.8 Å². The first kappa shape index (κ1) is 23.0. The van der Waals surface area contributed by atoms with Crippen LogP contribution in [0.3, 0.4) is 0 Å². The second-order valence-electron chi connectivity index (χ2n) is 6.24. The first-order chi connectivity index (χ1) is 14.3. The van der Waals surface area contributed by atoms with Gasteiger partial charge in [-0.05, 0) is 42.0 Å². The molecule has 3 aromatic carbocycles. The molecule has 9 heteroatoms. The predicted molar refractivity (Wildman–Crippen MR) is 124 cm³/mol. The molecule has 0 bridgehead atoms. The summed E-state index contributed by atoms with van der Waals surface area (Å²) in [5.74, 6) is 0.688. The highest BCUT2D eigenvalue weighted by molar-refractivity contribution is 6.37. The number of hydrogen-bond donors (Lipinski definition) is 2. The summed E-state index contributed by atoms with van der Waals surface area (Å²) in [4.78, 5) is 0. The molecule has 158 valence electrons. The molecule has 0 aliphatic rings. The molecule has 0 heterocycles. The number of halogens is 5. The quantitative estimate of drug-likeness (QED) is 0.320. The molecule has 2 N–H and O–H groups in total. The zero-order valence-corrected chi connectivity index (χ0v) is 19.4. The number of aromatic hydroxyl groups is 1. The third-order valence-electron chi connectivity index (χ3n) is 4.23. The molecule has 0 aromatic heterocycles. The highest BCUT2D eigenvalue weighted by atomic mass is 35.5. The van der Waals surface area contributed by atoms with Gasteiger partial charge in [0.15, 0.2) is 17.2 Å². The largest absolute Gasteiger partial charge is 0.505 e. The minimum atomic E-state index is -0.159. The number of phenolic OH excluding ortho intramolecular Hbond substituents is 1. The predicted octanol–water partition coefficient (Wildman–Crippen LogP) is 7.86. The lowest BCUT2D eigenvalue weighted by atomic mass is 10.2. The molecule has 0 radical (unpaired) electrons. The topological polar surface area (TPSA) is 50.7 Å². The Hall–Kier alpha value is -1.69. The number of benzene rings is 3. The average molecular weight is 508 g/mol. The van der Waals surface area contributed by atoms with Gasteiger partial charge in [0.2, 0.25) is 0 Å². The molecule has 0 amide bonds. The fraction of sp³-hybridized carbons (Fsp3) is 0.143. The zero-order chi connectivity index (χ0) is 21.8. The van der Waals surface area contributed by atoms with Crippen molar-refractivity contribution in [1.29, 1.82) is 0 Å². The Balaban J connectivity index is 1.77. The standard InChI is InChI=1S/C21H16Cl5NO3/c1-29-19-6-11(9-27-12-7-16(24)20(28)17(25)8-12)5-18(26)21(19)30-10-13-14(22)3-2-4-15(13)23/h2-8,27-28H,9-10H2,1H3. The summed E-state index contributed by atoms with van der Waals surface area (Å²) >= 11 is 30.7. The summed E-state index contributed by atoms with van der Waals surface area (Å²) in [6.07, 6.45) is 0. The van der Waals surface area contributed by atoms with E-state index in [0.717, 1.165) is 5.56 Å². The lowest BCUT2D eigenvalue weighted by Crippen LogP contribution is -2.03. The van der Waals surface area contributed by atoms with E-state index in [1.54, 1.807) is 42.5 Å². The van der Waals surface area contributed by atoms with Crippen LogP contribution in [0.1, 0.15) is 11.1 Å². The van der Waals surface area contributed by atoms with Crippen LogP contribution in [0.2, 0.25) is 25.1 Å². The molecule has 0 spiro atoms. The van der Waals surface area contributed by atoms with E-state index in [9.17, 15) is 5.11 Å². The second kappa shape index (κ2) is 10.1. The van der Waals surface area contributed by atoms with Gasteiger partial charge < -0.3 is 19.9 Å². The van der Waals surface area contributed by atoms with Crippen molar-refractivity contribution in [2.24, 2.45) is 0 Å². The number of hydrogen-bond acceptors (Lipinski definition) is 4. The monoisotopic (exact) mass is 505 g/mol. The number of rotatable bonds is 7. The number of methoxy groups -OCH3 is 1. The summed E-state index contributed by atoms with van der Waals surface area (Å²) < 4.78 is 11.3. The molecule has 4 nitrogen and oxygen atoms in total. The van der Waals surface area contributed by atoms with Gasteiger partial charge in [-0.1, -0.05) is 64.1 Å². The zero-order valence-electron chi connectivity index (χ0n) is 15.6. The van der Waals surface area contributed by atoms with Crippen molar-refractivity contribution in [3.05, 3.63) is 78.7 Å². The Labute approximate surface area is 199 Å². The Morgan fingerprint density at radius 3 is 2.10 bits per heavy atom. The van der Waals surface area contributed by atoms with E-state index in [4.69, 9.17) is 67.5 Å². The van der Waals surface area contributed by atoms with Gasteiger partial charge in [-0.25, -0.2) is 0 Å². The normalized spacial score (nSPS) is 10.7. The molecule has 0 saturated heterocycles. The summed E-state index contributed by atoms with van der Waals surface area (Å²) in [6.45, 7) is 0.542. The average Bonchev–Trinajstić information content (AvgIpc) is 2.70. The van der Waals surface area contributed by atoms with Crippen molar-refractivity contribution in [3.8, 4) is 17.2 Å². The lowest BCUT2D eigenvalue weighted by molar-refractivity contribution is 0.284. The Morgan fingerprint density at radius 2 is 1.50 bits per heavy atom. The van der Waals surface area contributed by atoms with Gasteiger partial charge in [-0.3, -0.25) is 0 Å². The van der Waals surface area contributed by atoms with E-state index < -0.39 is 0 Å². The highest BCUT2D eigenvalue weighted by Crippen LogP contribution is 2.39. The molecule has 0 fully saturated rings. The molecule has 0 aliphatic carbocycles. The van der Waals surface area contributed by atoms with Crippen LogP contribution >= 0.6 is 58.0 Å². The van der Waals surface area contributed by atoms with Gasteiger partial charge in [-0.15, -0.1) is 0 Å². The molecule has 30 heavy (non-hydrogen) atoms. The third kappa shape index (κ3) is 5.32. The van der Waals surface area contributed by atoms with Crippen LogP contribution in [-0.2, 0) is 13.2 Å². The Kier molecular flexibility index (Phi) is 7.72. The van der Waals surface area contributed by atoms with Crippen molar-refractivity contribution < 1.29 is 14.6 Å². The Bertz CT molecular complexity index is 1030. The molecule has 0 atom stereocenters. The molecule has 0 aliphatic heterocycles. The molecular formula is C21H16Cl5NO3. The van der Waals surface area contributed by atoms with E-state index in [0.29, 0.717) is 44.4 Å². The summed E-state index contributed by atoms with van der Waals surface area (Å²) in [5, 5.41) is 14.5. The summed E-state index contributed by atoms with van der Waals surface area (Å²) in [6, 6.07) is 11.9. The van der Waals surface area contributed by atoms with Crippen LogP contribution in [0.4, 0.5) is 5.69 Å². The van der Waals surface area contributed by atoms with Gasteiger partial charge in [0.25, 0.3) is 0 Å². The maximum Gasteiger partial charge on any atom is 0.180 e. The van der Waals surface area contributed by atoms with Crippen LogP contribution in [-0.4, -0.2) is 12.2 Å². The first-order valence-corrected chi connectivity index (χ1v) is 10.5. The van der Waals surface area contributed by atoms with Crippen molar-refractivity contribution in [2.75, 3.05) is 12.4 Å². The number of phenols is 1. The lowest BCUT2D eigenvalue weighted by Gasteiger charge is -2.16. The van der Waals surface area contributed by atoms with Gasteiger partial charge in [0.1, 0.15) is 6.61 Å².